The first-order valence-electron chi connectivity index (χ1n) is 7.17. The second kappa shape index (κ2) is 6.49. The fraction of sp³-hybridized carbons (Fsp3) is 0.692. The van der Waals surface area contributed by atoms with Crippen molar-refractivity contribution in [2.45, 2.75) is 45.6 Å². The summed E-state index contributed by atoms with van der Waals surface area (Å²) in [6, 6.07) is -0.235. The monoisotopic (exact) mass is 278 g/mol. The van der Waals surface area contributed by atoms with Crippen molar-refractivity contribution >= 4 is 12.0 Å². The lowest BCUT2D eigenvalue weighted by Crippen LogP contribution is -2.47. The van der Waals surface area contributed by atoms with Crippen LogP contribution in [0.2, 0.25) is 0 Å². The maximum atomic E-state index is 11.2. The second-order valence-corrected chi connectivity index (χ2v) is 5.00. The summed E-state index contributed by atoms with van der Waals surface area (Å²) in [6.07, 6.45) is 3.58. The number of nitrogens with two attached hydrogens (primary N) is 1. The van der Waals surface area contributed by atoms with Gasteiger partial charge >= 0.3 is 6.03 Å². The normalized spacial score (nSPS) is 18.9. The smallest absolute Gasteiger partial charge is 0.314 e. The molecule has 0 radical (unpaired) electrons. The minimum Gasteiger partial charge on any atom is -0.351 e. The van der Waals surface area contributed by atoms with E-state index in [1.54, 1.807) is 4.90 Å². The number of hydrogen-bond acceptors (Lipinski definition) is 5. The Morgan fingerprint density at radius 2 is 2.10 bits per heavy atom. The molecule has 2 heterocycles. The Morgan fingerprint density at radius 3 is 2.75 bits per heavy atom. The van der Waals surface area contributed by atoms with Gasteiger partial charge in [0.15, 0.2) is 0 Å². The number of amides is 2. The molecule has 2 rings (SSSR count). The molecule has 2 amide bonds. The SMILES string of the molecule is CCc1nnc(NC2CCCN(C(N)=O)C2)nc1CC. The highest BCUT2D eigenvalue weighted by atomic mass is 16.2. The number of likely N-dealkylation sites (tertiary alicyclic amines) is 1. The summed E-state index contributed by atoms with van der Waals surface area (Å²) < 4.78 is 0. The molecule has 1 saturated heterocycles. The van der Waals surface area contributed by atoms with E-state index in [1.807, 2.05) is 6.92 Å². The van der Waals surface area contributed by atoms with E-state index in [9.17, 15) is 4.79 Å². The van der Waals surface area contributed by atoms with E-state index in [2.05, 4.69) is 27.4 Å². The van der Waals surface area contributed by atoms with Crippen LogP contribution < -0.4 is 11.1 Å². The van der Waals surface area contributed by atoms with Gasteiger partial charge in [-0.2, -0.15) is 5.10 Å². The summed E-state index contributed by atoms with van der Waals surface area (Å²) in [5.41, 5.74) is 7.25. The van der Waals surface area contributed by atoms with E-state index in [1.165, 1.54) is 0 Å². The number of anilines is 1. The average Bonchev–Trinajstić information content (AvgIpc) is 2.47. The summed E-state index contributed by atoms with van der Waals surface area (Å²) in [5, 5.41) is 11.6. The predicted octanol–water partition coefficient (Wildman–Crippen LogP) is 0.951. The number of carbonyl (C=O) groups excluding carboxylic acids is 1. The van der Waals surface area contributed by atoms with E-state index in [-0.39, 0.29) is 12.1 Å². The minimum absolute atomic E-state index is 0.134. The van der Waals surface area contributed by atoms with E-state index in [0.29, 0.717) is 12.5 Å². The number of piperidine rings is 1. The Bertz CT molecular complexity index is 478. The fourth-order valence-corrected chi connectivity index (χ4v) is 2.48. The van der Waals surface area contributed by atoms with E-state index < -0.39 is 0 Å². The van der Waals surface area contributed by atoms with Crippen molar-refractivity contribution in [1.82, 2.24) is 20.1 Å². The highest BCUT2D eigenvalue weighted by Gasteiger charge is 2.22. The first kappa shape index (κ1) is 14.5. The van der Waals surface area contributed by atoms with Crippen LogP contribution >= 0.6 is 0 Å². The molecular weight excluding hydrogens is 256 g/mol. The number of aryl methyl sites for hydroxylation is 2. The lowest BCUT2D eigenvalue weighted by Gasteiger charge is -2.31. The van der Waals surface area contributed by atoms with Gasteiger partial charge in [0.1, 0.15) is 0 Å². The third-order valence-corrected chi connectivity index (χ3v) is 3.58. The van der Waals surface area contributed by atoms with Gasteiger partial charge in [-0.1, -0.05) is 13.8 Å². The average molecular weight is 278 g/mol. The van der Waals surface area contributed by atoms with Crippen molar-refractivity contribution in [2.24, 2.45) is 5.73 Å². The largest absolute Gasteiger partial charge is 0.351 e. The van der Waals surface area contributed by atoms with Crippen LogP contribution in [0.25, 0.3) is 0 Å². The molecule has 110 valence electrons. The van der Waals surface area contributed by atoms with Gasteiger partial charge in [-0.05, 0) is 25.7 Å². The lowest BCUT2D eigenvalue weighted by molar-refractivity contribution is 0.191. The number of carbonyl (C=O) groups is 1. The molecule has 1 aliphatic rings. The molecule has 0 aromatic carbocycles. The molecule has 1 atom stereocenters. The highest BCUT2D eigenvalue weighted by Crippen LogP contribution is 2.14. The van der Waals surface area contributed by atoms with Crippen LogP contribution in [0.1, 0.15) is 38.1 Å². The number of urea groups is 1. The number of nitrogens with one attached hydrogen (secondary N) is 1. The van der Waals surface area contributed by atoms with Gasteiger partial charge in [0.05, 0.1) is 11.4 Å². The molecule has 1 fully saturated rings. The standard InChI is InChI=1S/C13H22N6O/c1-3-10-11(4-2)17-18-13(16-10)15-9-6-5-7-19(8-9)12(14)20/h9H,3-8H2,1-2H3,(H2,14,20)(H,15,16,18). The Hall–Kier alpha value is -1.92. The van der Waals surface area contributed by atoms with Gasteiger partial charge in [-0.25, -0.2) is 9.78 Å². The molecule has 20 heavy (non-hydrogen) atoms. The summed E-state index contributed by atoms with van der Waals surface area (Å²) in [5.74, 6) is 0.537. The molecule has 0 spiro atoms. The molecule has 1 aromatic rings. The maximum absolute atomic E-state index is 11.2. The van der Waals surface area contributed by atoms with Crippen molar-refractivity contribution in [1.29, 1.82) is 0 Å². The molecule has 7 heteroatoms. The maximum Gasteiger partial charge on any atom is 0.314 e. The van der Waals surface area contributed by atoms with Crippen molar-refractivity contribution in [3.8, 4) is 0 Å². The molecule has 1 unspecified atom stereocenters. The van der Waals surface area contributed by atoms with Crippen molar-refractivity contribution < 1.29 is 4.79 Å². The van der Waals surface area contributed by atoms with E-state index in [0.717, 1.165) is 43.6 Å². The summed E-state index contributed by atoms with van der Waals surface area (Å²) in [6.45, 7) is 5.42. The van der Waals surface area contributed by atoms with E-state index >= 15 is 0 Å². The third kappa shape index (κ3) is 3.34. The molecule has 0 bridgehead atoms. The predicted molar refractivity (Wildman–Crippen MR) is 76.4 cm³/mol. The van der Waals surface area contributed by atoms with Gasteiger partial charge < -0.3 is 16.0 Å². The number of primary amides is 1. The second-order valence-electron chi connectivity index (χ2n) is 5.00. The van der Waals surface area contributed by atoms with Crippen LogP contribution in [-0.2, 0) is 12.8 Å². The van der Waals surface area contributed by atoms with Crippen LogP contribution in [0.15, 0.2) is 0 Å². The van der Waals surface area contributed by atoms with Crippen LogP contribution in [-0.4, -0.2) is 45.2 Å². The highest BCUT2D eigenvalue weighted by molar-refractivity contribution is 5.72. The summed E-state index contributed by atoms with van der Waals surface area (Å²) >= 11 is 0. The minimum atomic E-state index is -0.369. The van der Waals surface area contributed by atoms with Crippen LogP contribution in [0.3, 0.4) is 0 Å². The van der Waals surface area contributed by atoms with Crippen LogP contribution in [0, 0.1) is 0 Å². The molecule has 1 aliphatic heterocycles. The van der Waals surface area contributed by atoms with Crippen molar-refractivity contribution in [3.63, 3.8) is 0 Å². The first-order chi connectivity index (χ1) is 9.63. The Balaban J connectivity index is 2.04. The Labute approximate surface area is 119 Å². The summed E-state index contributed by atoms with van der Waals surface area (Å²) in [7, 11) is 0. The molecule has 0 saturated carbocycles. The topological polar surface area (TPSA) is 97.0 Å². The van der Waals surface area contributed by atoms with Crippen LogP contribution in [0.4, 0.5) is 10.7 Å². The number of aromatic nitrogens is 3. The molecule has 3 N–H and O–H groups in total. The van der Waals surface area contributed by atoms with E-state index in [4.69, 9.17) is 5.73 Å². The van der Waals surface area contributed by atoms with Crippen LogP contribution in [0.5, 0.6) is 0 Å². The van der Waals surface area contributed by atoms with Gasteiger partial charge in [0, 0.05) is 19.1 Å². The van der Waals surface area contributed by atoms with Gasteiger partial charge in [-0.15, -0.1) is 5.10 Å². The molecule has 0 aliphatic carbocycles. The number of nitrogens with zero attached hydrogens (tertiary/aromatic N) is 4. The molecule has 7 nitrogen and oxygen atoms in total. The summed E-state index contributed by atoms with van der Waals surface area (Å²) in [4.78, 5) is 17.4. The fourth-order valence-electron chi connectivity index (χ4n) is 2.48. The van der Waals surface area contributed by atoms with Gasteiger partial charge in [0.2, 0.25) is 5.95 Å². The van der Waals surface area contributed by atoms with Gasteiger partial charge in [-0.3, -0.25) is 0 Å². The zero-order valence-corrected chi connectivity index (χ0v) is 12.1. The van der Waals surface area contributed by atoms with Crippen molar-refractivity contribution in [2.75, 3.05) is 18.4 Å². The third-order valence-electron chi connectivity index (χ3n) is 3.58. The zero-order chi connectivity index (χ0) is 14.5. The number of hydrogen-bond donors (Lipinski definition) is 2. The quantitative estimate of drug-likeness (QED) is 0.854. The van der Waals surface area contributed by atoms with Gasteiger partial charge in [0.25, 0.3) is 0 Å². The molecular formula is C13H22N6O. The molecule has 1 aromatic heterocycles. The van der Waals surface area contributed by atoms with Crippen molar-refractivity contribution in [3.05, 3.63) is 11.4 Å². The Morgan fingerprint density at radius 1 is 1.35 bits per heavy atom. The lowest BCUT2D eigenvalue weighted by atomic mass is 10.1. The Kier molecular flexibility index (Phi) is 4.70. The zero-order valence-electron chi connectivity index (χ0n) is 12.1. The first-order valence-corrected chi connectivity index (χ1v) is 7.17. The number of rotatable bonds is 4.